The molecule has 4 rings (SSSR count). The zero-order valence-corrected chi connectivity index (χ0v) is 21.1. The number of hydrogen-bond donors (Lipinski definition) is 5. The smallest absolute Gasteiger partial charge is 0.320 e. The van der Waals surface area contributed by atoms with Crippen molar-refractivity contribution in [1.29, 1.82) is 0 Å². The molecule has 2 aromatic carbocycles. The van der Waals surface area contributed by atoms with Gasteiger partial charge in [-0.1, -0.05) is 12.1 Å². The minimum absolute atomic E-state index is 0.0580. The van der Waals surface area contributed by atoms with E-state index < -0.39 is 35.6 Å². The topological polar surface area (TPSA) is 136 Å². The molecule has 1 aliphatic rings. The average Bonchev–Trinajstić information content (AvgIpc) is 3.33. The van der Waals surface area contributed by atoms with Crippen molar-refractivity contribution >= 4 is 40.8 Å². The van der Waals surface area contributed by atoms with E-state index in [4.69, 9.17) is 0 Å². The second-order valence-electron chi connectivity index (χ2n) is 9.00. The van der Waals surface area contributed by atoms with Crippen molar-refractivity contribution in [2.24, 2.45) is 0 Å². The number of pyridine rings is 1. The van der Waals surface area contributed by atoms with Crippen molar-refractivity contribution in [2.45, 2.75) is 32.4 Å². The summed E-state index contributed by atoms with van der Waals surface area (Å²) in [4.78, 5) is 42.5. The van der Waals surface area contributed by atoms with E-state index >= 15 is 0 Å². The third kappa shape index (κ3) is 7.26. The lowest BCUT2D eigenvalue weighted by atomic mass is 10.1. The van der Waals surface area contributed by atoms with Gasteiger partial charge in [0.2, 0.25) is 0 Å². The van der Waals surface area contributed by atoms with Gasteiger partial charge in [0, 0.05) is 42.8 Å². The molecule has 1 saturated heterocycles. The Morgan fingerprint density at radius 1 is 1.03 bits per heavy atom. The first-order valence-corrected chi connectivity index (χ1v) is 12.4. The Hall–Kier alpha value is -4.58. The molecular formula is C27H28F2N6O4. The highest BCUT2D eigenvalue weighted by molar-refractivity contribution is 6.08. The minimum Gasteiger partial charge on any atom is -0.480 e. The van der Waals surface area contributed by atoms with E-state index in [1.165, 1.54) is 12.3 Å². The van der Waals surface area contributed by atoms with Gasteiger partial charge >= 0.3 is 12.0 Å². The molecule has 0 aliphatic carbocycles. The van der Waals surface area contributed by atoms with E-state index in [0.29, 0.717) is 31.7 Å². The van der Waals surface area contributed by atoms with Gasteiger partial charge in [-0.25, -0.2) is 18.6 Å². The summed E-state index contributed by atoms with van der Waals surface area (Å²) in [5, 5.41) is 20.1. The summed E-state index contributed by atoms with van der Waals surface area (Å²) in [6, 6.07) is 10.2. The Labute approximate surface area is 223 Å². The summed E-state index contributed by atoms with van der Waals surface area (Å²) in [6.45, 7) is 3.32. The maximum atomic E-state index is 13.8. The van der Waals surface area contributed by atoms with Crippen molar-refractivity contribution in [2.75, 3.05) is 29.0 Å². The Morgan fingerprint density at radius 2 is 1.74 bits per heavy atom. The molecule has 204 valence electrons. The summed E-state index contributed by atoms with van der Waals surface area (Å²) in [5.74, 6) is -2.88. The van der Waals surface area contributed by atoms with E-state index in [1.807, 2.05) is 4.90 Å². The fourth-order valence-corrected chi connectivity index (χ4v) is 4.33. The summed E-state index contributed by atoms with van der Waals surface area (Å²) < 4.78 is 27.5. The standard InChI is InChI=1S/C27H28F2N6O4/c1-2-30-27(39)34-24-13-22(32-20-11-17(28)10-18(29)12-20)21(14-31-24)25(36)33-19-7-5-16(6-8-19)15-35-9-3-4-23(35)26(37)38/h5-8,10-14,23H,2-4,9,15H2,1H3,(H,33,36)(H,37,38)(H3,30,31,32,34,39). The van der Waals surface area contributed by atoms with Crippen LogP contribution < -0.4 is 21.3 Å². The maximum Gasteiger partial charge on any atom is 0.320 e. The number of aromatic nitrogens is 1. The third-order valence-corrected chi connectivity index (χ3v) is 6.12. The monoisotopic (exact) mass is 538 g/mol. The van der Waals surface area contributed by atoms with Gasteiger partial charge in [-0.2, -0.15) is 0 Å². The fraction of sp³-hybridized carbons (Fsp3) is 0.259. The number of rotatable bonds is 9. The van der Waals surface area contributed by atoms with E-state index in [0.717, 1.165) is 30.2 Å². The number of amides is 3. The van der Waals surface area contributed by atoms with Gasteiger partial charge in [0.05, 0.1) is 11.3 Å². The zero-order chi connectivity index (χ0) is 27.9. The Balaban J connectivity index is 1.52. The van der Waals surface area contributed by atoms with Crippen LogP contribution >= 0.6 is 0 Å². The van der Waals surface area contributed by atoms with Crippen LogP contribution in [0.3, 0.4) is 0 Å². The number of nitrogens with one attached hydrogen (secondary N) is 4. The van der Waals surface area contributed by atoms with Crippen LogP contribution in [-0.2, 0) is 11.3 Å². The lowest BCUT2D eigenvalue weighted by Crippen LogP contribution is -2.35. The largest absolute Gasteiger partial charge is 0.480 e. The number of anilines is 4. The van der Waals surface area contributed by atoms with Crippen LogP contribution in [0.4, 0.5) is 36.5 Å². The second kappa shape index (κ2) is 12.3. The van der Waals surface area contributed by atoms with Crippen molar-refractivity contribution in [3.8, 4) is 0 Å². The molecular weight excluding hydrogens is 510 g/mol. The van der Waals surface area contributed by atoms with Crippen molar-refractivity contribution < 1.29 is 28.3 Å². The average molecular weight is 539 g/mol. The summed E-state index contributed by atoms with van der Waals surface area (Å²) >= 11 is 0. The molecule has 2 heterocycles. The van der Waals surface area contributed by atoms with Crippen LogP contribution in [0.1, 0.15) is 35.7 Å². The van der Waals surface area contributed by atoms with Gasteiger partial charge in [0.1, 0.15) is 23.5 Å². The van der Waals surface area contributed by atoms with Gasteiger partial charge in [0.15, 0.2) is 0 Å². The first kappa shape index (κ1) is 27.5. The number of carboxylic acid groups (broad SMARTS) is 1. The number of urea groups is 1. The lowest BCUT2D eigenvalue weighted by Gasteiger charge is -2.21. The molecule has 0 saturated carbocycles. The van der Waals surface area contributed by atoms with Crippen LogP contribution in [-0.4, -0.2) is 52.0 Å². The molecule has 0 bridgehead atoms. The molecule has 0 radical (unpaired) electrons. The van der Waals surface area contributed by atoms with E-state index in [9.17, 15) is 28.3 Å². The Bertz CT molecular complexity index is 1350. The summed E-state index contributed by atoms with van der Waals surface area (Å²) in [5.41, 5.74) is 1.66. The number of carboxylic acids is 1. The fourth-order valence-electron chi connectivity index (χ4n) is 4.33. The van der Waals surface area contributed by atoms with Gasteiger partial charge in [-0.3, -0.25) is 19.8 Å². The molecule has 1 unspecified atom stereocenters. The molecule has 0 spiro atoms. The number of likely N-dealkylation sites (tertiary alicyclic amines) is 1. The Kier molecular flexibility index (Phi) is 8.67. The lowest BCUT2D eigenvalue weighted by molar-refractivity contribution is -0.142. The predicted octanol–water partition coefficient (Wildman–Crippen LogP) is 4.55. The number of carbonyl (C=O) groups excluding carboxylic acids is 2. The normalized spacial score (nSPS) is 15.0. The molecule has 39 heavy (non-hydrogen) atoms. The maximum absolute atomic E-state index is 13.8. The molecule has 1 aromatic heterocycles. The van der Waals surface area contributed by atoms with Crippen molar-refractivity contribution in [3.05, 3.63) is 77.5 Å². The van der Waals surface area contributed by atoms with Gasteiger partial charge in [-0.05, 0) is 56.1 Å². The Morgan fingerprint density at radius 3 is 2.41 bits per heavy atom. The van der Waals surface area contributed by atoms with Crippen LogP contribution in [0.2, 0.25) is 0 Å². The van der Waals surface area contributed by atoms with Gasteiger partial charge in [-0.15, -0.1) is 0 Å². The number of carbonyl (C=O) groups is 3. The number of benzene rings is 2. The number of halogens is 2. The van der Waals surface area contributed by atoms with E-state index in [2.05, 4.69) is 26.3 Å². The number of aliphatic carboxylic acids is 1. The van der Waals surface area contributed by atoms with Gasteiger partial charge < -0.3 is 21.1 Å². The quantitative estimate of drug-likeness (QED) is 0.270. The molecule has 3 amide bonds. The molecule has 10 nitrogen and oxygen atoms in total. The van der Waals surface area contributed by atoms with Crippen molar-refractivity contribution in [1.82, 2.24) is 15.2 Å². The van der Waals surface area contributed by atoms with Crippen LogP contribution in [0.5, 0.6) is 0 Å². The molecule has 1 aliphatic heterocycles. The highest BCUT2D eigenvalue weighted by Gasteiger charge is 2.30. The first-order valence-electron chi connectivity index (χ1n) is 12.4. The first-order chi connectivity index (χ1) is 18.7. The van der Waals surface area contributed by atoms with E-state index in [1.54, 1.807) is 31.2 Å². The van der Waals surface area contributed by atoms with Crippen LogP contribution in [0.15, 0.2) is 54.7 Å². The highest BCUT2D eigenvalue weighted by Crippen LogP contribution is 2.26. The zero-order valence-electron chi connectivity index (χ0n) is 21.1. The molecule has 12 heteroatoms. The molecule has 1 atom stereocenters. The van der Waals surface area contributed by atoms with Gasteiger partial charge in [0.25, 0.3) is 5.91 Å². The minimum atomic E-state index is -0.831. The van der Waals surface area contributed by atoms with Crippen LogP contribution in [0.25, 0.3) is 0 Å². The molecule has 3 aromatic rings. The highest BCUT2D eigenvalue weighted by atomic mass is 19.1. The van der Waals surface area contributed by atoms with E-state index in [-0.39, 0.29) is 22.8 Å². The molecule has 1 fully saturated rings. The number of hydrogen-bond acceptors (Lipinski definition) is 6. The second-order valence-corrected chi connectivity index (χ2v) is 9.00. The molecule has 5 N–H and O–H groups in total. The van der Waals surface area contributed by atoms with Crippen molar-refractivity contribution in [3.63, 3.8) is 0 Å². The SMILES string of the molecule is CCNC(=O)Nc1cc(Nc2cc(F)cc(F)c2)c(C(=O)Nc2ccc(CN3CCCC3C(=O)O)cc2)cn1. The van der Waals surface area contributed by atoms with Crippen LogP contribution in [0, 0.1) is 11.6 Å². The predicted molar refractivity (Wildman–Crippen MR) is 142 cm³/mol. The third-order valence-electron chi connectivity index (χ3n) is 6.12. The number of nitrogens with zero attached hydrogens (tertiary/aromatic N) is 2. The summed E-state index contributed by atoms with van der Waals surface area (Å²) in [7, 11) is 0. The summed E-state index contributed by atoms with van der Waals surface area (Å²) in [6.07, 6.45) is 2.69.